The minimum Gasteiger partial charge on any atom is -0.317 e. The second kappa shape index (κ2) is 10.4. The standard InChI is InChI=1S/C30H28ClN5O2S/c1-21-6-5-9-29(31)27(21)11-10-22-20-36(39(37,38)26-7-3-2-4-8-26)30-28(22)16-23(17-33-30)24-18-34-35(19-24)25-12-14-32-15-13-25/h2-11,16-20,25,32H,12-15H2,1H3/b11-10+. The van der Waals surface area contributed by atoms with Gasteiger partial charge in [-0.15, -0.1) is 0 Å². The number of benzene rings is 2. The molecule has 1 saturated heterocycles. The minimum atomic E-state index is -3.86. The van der Waals surface area contributed by atoms with E-state index in [1.54, 1.807) is 42.7 Å². The van der Waals surface area contributed by atoms with E-state index in [-0.39, 0.29) is 4.90 Å². The van der Waals surface area contributed by atoms with Crippen molar-refractivity contribution < 1.29 is 8.42 Å². The van der Waals surface area contributed by atoms with Gasteiger partial charge >= 0.3 is 0 Å². The molecule has 1 N–H and O–H groups in total. The van der Waals surface area contributed by atoms with E-state index in [1.807, 2.05) is 54.2 Å². The number of halogens is 1. The Kier molecular flexibility index (Phi) is 6.85. The van der Waals surface area contributed by atoms with Crippen LogP contribution in [0.2, 0.25) is 5.02 Å². The molecule has 1 aliphatic heterocycles. The molecule has 0 saturated carbocycles. The van der Waals surface area contributed by atoms with Crippen molar-refractivity contribution in [2.24, 2.45) is 0 Å². The molecule has 0 atom stereocenters. The van der Waals surface area contributed by atoms with Crippen molar-refractivity contribution in [2.75, 3.05) is 13.1 Å². The number of rotatable bonds is 6. The lowest BCUT2D eigenvalue weighted by atomic mass is 10.1. The molecule has 198 valence electrons. The van der Waals surface area contributed by atoms with Crippen molar-refractivity contribution in [1.82, 2.24) is 24.1 Å². The average Bonchev–Trinajstić information content (AvgIpc) is 3.60. The predicted molar refractivity (Wildman–Crippen MR) is 156 cm³/mol. The third-order valence-electron chi connectivity index (χ3n) is 7.26. The monoisotopic (exact) mass is 557 g/mol. The van der Waals surface area contributed by atoms with E-state index < -0.39 is 10.0 Å². The fourth-order valence-electron chi connectivity index (χ4n) is 5.07. The molecule has 1 aliphatic rings. The van der Waals surface area contributed by atoms with E-state index >= 15 is 0 Å². The molecule has 0 unspecified atom stereocenters. The highest BCUT2D eigenvalue weighted by Crippen LogP contribution is 2.31. The van der Waals surface area contributed by atoms with E-state index in [4.69, 9.17) is 11.6 Å². The summed E-state index contributed by atoms with van der Waals surface area (Å²) in [5.74, 6) is 0. The van der Waals surface area contributed by atoms with Gasteiger partial charge in [-0.1, -0.05) is 54.1 Å². The van der Waals surface area contributed by atoms with E-state index in [0.717, 1.165) is 59.1 Å². The van der Waals surface area contributed by atoms with E-state index in [2.05, 4.69) is 21.6 Å². The van der Waals surface area contributed by atoms with Crippen LogP contribution in [0.3, 0.4) is 0 Å². The third-order valence-corrected chi connectivity index (χ3v) is 9.25. The van der Waals surface area contributed by atoms with Crippen LogP contribution in [0.4, 0.5) is 0 Å². The van der Waals surface area contributed by atoms with Crippen molar-refractivity contribution in [2.45, 2.75) is 30.7 Å². The number of nitrogens with one attached hydrogen (secondary N) is 1. The molecular formula is C30H28ClN5O2S. The predicted octanol–water partition coefficient (Wildman–Crippen LogP) is 6.19. The molecule has 5 aromatic rings. The molecule has 0 radical (unpaired) electrons. The van der Waals surface area contributed by atoms with Crippen LogP contribution in [0.25, 0.3) is 34.3 Å². The highest BCUT2D eigenvalue weighted by Gasteiger charge is 2.22. The van der Waals surface area contributed by atoms with Crippen molar-refractivity contribution in [3.05, 3.63) is 101 Å². The Bertz CT molecular complexity index is 1760. The van der Waals surface area contributed by atoms with Gasteiger partial charge in [-0.25, -0.2) is 17.4 Å². The lowest BCUT2D eigenvalue weighted by Crippen LogP contribution is -2.29. The lowest BCUT2D eigenvalue weighted by Gasteiger charge is -2.22. The first-order valence-corrected chi connectivity index (χ1v) is 14.7. The van der Waals surface area contributed by atoms with Crippen LogP contribution in [0.5, 0.6) is 0 Å². The van der Waals surface area contributed by atoms with Gasteiger partial charge in [-0.3, -0.25) is 4.68 Å². The molecule has 0 bridgehead atoms. The van der Waals surface area contributed by atoms with Crippen molar-refractivity contribution >= 4 is 44.8 Å². The lowest BCUT2D eigenvalue weighted by molar-refractivity contribution is 0.343. The van der Waals surface area contributed by atoms with Gasteiger partial charge in [0.1, 0.15) is 0 Å². The first-order chi connectivity index (χ1) is 18.9. The Balaban J connectivity index is 1.47. The topological polar surface area (TPSA) is 81.8 Å². The summed E-state index contributed by atoms with van der Waals surface area (Å²) in [4.78, 5) is 4.86. The van der Waals surface area contributed by atoms with Crippen LogP contribution in [0.1, 0.15) is 35.6 Å². The SMILES string of the molecule is Cc1cccc(Cl)c1/C=C/c1cn(S(=O)(=O)c2ccccc2)c2ncc(-c3cnn(C4CCNCC4)c3)cc12. The summed E-state index contributed by atoms with van der Waals surface area (Å²) in [5, 5.41) is 9.38. The second-order valence-corrected chi connectivity index (χ2v) is 12.0. The molecule has 0 aliphatic carbocycles. The number of aryl methyl sites for hydroxylation is 1. The van der Waals surface area contributed by atoms with E-state index in [1.165, 1.54) is 3.97 Å². The van der Waals surface area contributed by atoms with Gasteiger partial charge in [-0.05, 0) is 68.2 Å². The quantitative estimate of drug-likeness (QED) is 0.269. The summed E-state index contributed by atoms with van der Waals surface area (Å²) in [6.45, 7) is 3.96. The zero-order chi connectivity index (χ0) is 27.0. The van der Waals surface area contributed by atoms with Gasteiger partial charge in [0.25, 0.3) is 10.0 Å². The molecule has 0 spiro atoms. The first-order valence-electron chi connectivity index (χ1n) is 12.9. The van der Waals surface area contributed by atoms with Crippen molar-refractivity contribution in [1.29, 1.82) is 0 Å². The maximum atomic E-state index is 13.6. The van der Waals surface area contributed by atoms with Crippen LogP contribution in [0.15, 0.2) is 84.3 Å². The summed E-state index contributed by atoms with van der Waals surface area (Å²) < 4.78 is 30.6. The molecule has 6 rings (SSSR count). The second-order valence-electron chi connectivity index (χ2n) is 9.79. The Hall–Kier alpha value is -3.72. The van der Waals surface area contributed by atoms with Crippen molar-refractivity contribution in [3.8, 4) is 11.1 Å². The van der Waals surface area contributed by atoms with Gasteiger partial charge in [-0.2, -0.15) is 5.10 Å². The maximum Gasteiger partial charge on any atom is 0.269 e. The Labute approximate surface area is 232 Å². The van der Waals surface area contributed by atoms with Crippen LogP contribution >= 0.6 is 11.6 Å². The average molecular weight is 558 g/mol. The van der Waals surface area contributed by atoms with Gasteiger partial charge in [0.2, 0.25) is 0 Å². The van der Waals surface area contributed by atoms with Gasteiger partial charge in [0, 0.05) is 45.7 Å². The number of piperidine rings is 1. The van der Waals surface area contributed by atoms with E-state index in [9.17, 15) is 8.42 Å². The summed E-state index contributed by atoms with van der Waals surface area (Å²) >= 11 is 6.47. The zero-order valence-corrected chi connectivity index (χ0v) is 23.0. The van der Waals surface area contributed by atoms with Crippen LogP contribution in [0, 0.1) is 6.92 Å². The molecule has 1 fully saturated rings. The number of aromatic nitrogens is 4. The fourth-order valence-corrected chi connectivity index (χ4v) is 6.71. The van der Waals surface area contributed by atoms with Crippen LogP contribution in [-0.4, -0.2) is 40.2 Å². The number of pyridine rings is 1. The Morgan fingerprint density at radius 3 is 2.54 bits per heavy atom. The summed E-state index contributed by atoms with van der Waals surface area (Å²) in [7, 11) is -3.86. The van der Waals surface area contributed by atoms with Gasteiger partial charge in [0.15, 0.2) is 5.65 Å². The summed E-state index contributed by atoms with van der Waals surface area (Å²) in [6, 6.07) is 16.5. The van der Waals surface area contributed by atoms with E-state index in [0.29, 0.717) is 16.7 Å². The Morgan fingerprint density at radius 2 is 1.77 bits per heavy atom. The van der Waals surface area contributed by atoms with Crippen LogP contribution < -0.4 is 5.32 Å². The zero-order valence-electron chi connectivity index (χ0n) is 21.5. The molecular weight excluding hydrogens is 530 g/mol. The van der Waals surface area contributed by atoms with Crippen LogP contribution in [-0.2, 0) is 10.0 Å². The highest BCUT2D eigenvalue weighted by molar-refractivity contribution is 7.90. The Morgan fingerprint density at radius 1 is 0.974 bits per heavy atom. The van der Waals surface area contributed by atoms with Crippen molar-refractivity contribution in [3.63, 3.8) is 0 Å². The molecule has 4 heterocycles. The molecule has 39 heavy (non-hydrogen) atoms. The van der Waals surface area contributed by atoms with Gasteiger partial charge < -0.3 is 5.32 Å². The molecule has 2 aromatic carbocycles. The third kappa shape index (κ3) is 4.91. The summed E-state index contributed by atoms with van der Waals surface area (Å²) in [6.07, 6.45) is 13.2. The maximum absolute atomic E-state index is 13.6. The normalized spacial score (nSPS) is 14.9. The molecule has 0 amide bonds. The number of hydrogen-bond donors (Lipinski definition) is 1. The smallest absolute Gasteiger partial charge is 0.269 e. The minimum absolute atomic E-state index is 0.202. The number of nitrogens with zero attached hydrogens (tertiary/aromatic N) is 4. The first kappa shape index (κ1) is 25.6. The summed E-state index contributed by atoms with van der Waals surface area (Å²) in [5.41, 5.74) is 4.83. The largest absolute Gasteiger partial charge is 0.317 e. The molecule has 7 nitrogen and oxygen atoms in total. The highest BCUT2D eigenvalue weighted by atomic mass is 35.5. The molecule has 3 aromatic heterocycles. The number of hydrogen-bond acceptors (Lipinski definition) is 5. The number of fused-ring (bicyclic) bond motifs is 1. The molecule has 9 heteroatoms. The van der Waals surface area contributed by atoms with Gasteiger partial charge in [0.05, 0.1) is 17.1 Å². The fraction of sp³-hybridized carbons (Fsp3) is 0.200.